The third-order valence-electron chi connectivity index (χ3n) is 2.70. The molecular weight excluding hydrogens is 268 g/mol. The third kappa shape index (κ3) is 3.92. The lowest BCUT2D eigenvalue weighted by Crippen LogP contribution is -2.13. The number of ether oxygens (including phenoxy) is 2. The van der Waals surface area contributed by atoms with Gasteiger partial charge in [0.15, 0.2) is 0 Å². The van der Waals surface area contributed by atoms with E-state index in [1.807, 2.05) is 13.8 Å². The lowest BCUT2D eigenvalue weighted by atomic mass is 10.2. The molecule has 0 aliphatic carbocycles. The van der Waals surface area contributed by atoms with Crippen LogP contribution in [0.15, 0.2) is 48.5 Å². The van der Waals surface area contributed by atoms with E-state index in [4.69, 9.17) is 9.47 Å². The van der Waals surface area contributed by atoms with Crippen LogP contribution in [-0.2, 0) is 0 Å². The number of hydrogen-bond donors (Lipinski definition) is 0. The summed E-state index contributed by atoms with van der Waals surface area (Å²) in [4.78, 5) is 22.8. The second-order valence-electron chi connectivity index (χ2n) is 4.74. The molecule has 21 heavy (non-hydrogen) atoms. The Morgan fingerprint density at radius 1 is 1.05 bits per heavy atom. The maximum Gasteiger partial charge on any atom is 0.347 e. The van der Waals surface area contributed by atoms with Crippen LogP contribution in [0, 0.1) is 0 Å². The maximum atomic E-state index is 12.2. The molecule has 0 bridgehead atoms. The van der Waals surface area contributed by atoms with Crippen molar-refractivity contribution in [2.24, 2.45) is 0 Å². The van der Waals surface area contributed by atoms with Gasteiger partial charge in [-0.15, -0.1) is 0 Å². The predicted molar refractivity (Wildman–Crippen MR) is 79.0 cm³/mol. The highest BCUT2D eigenvalue weighted by Gasteiger charge is 2.15. The van der Waals surface area contributed by atoms with Crippen molar-refractivity contribution >= 4 is 12.3 Å². The number of para-hydroxylation sites is 1. The fraction of sp³-hybridized carbons (Fsp3) is 0.176. The molecule has 0 fully saturated rings. The first-order valence-corrected chi connectivity index (χ1v) is 6.63. The number of esters is 1. The molecule has 0 spiro atoms. The van der Waals surface area contributed by atoms with Crippen LogP contribution in [0.1, 0.15) is 34.6 Å². The summed E-state index contributed by atoms with van der Waals surface area (Å²) < 4.78 is 10.9. The van der Waals surface area contributed by atoms with Crippen molar-refractivity contribution in [1.82, 2.24) is 0 Å². The predicted octanol–water partition coefficient (Wildman–Crippen LogP) is 3.51. The van der Waals surface area contributed by atoms with Crippen molar-refractivity contribution in [2.45, 2.75) is 20.0 Å². The van der Waals surface area contributed by atoms with E-state index < -0.39 is 5.97 Å². The fourth-order valence-corrected chi connectivity index (χ4v) is 1.77. The topological polar surface area (TPSA) is 52.6 Å². The molecule has 0 radical (unpaired) electrons. The Bertz CT molecular complexity index is 629. The van der Waals surface area contributed by atoms with Crippen molar-refractivity contribution in [2.75, 3.05) is 0 Å². The molecule has 0 heterocycles. The summed E-state index contributed by atoms with van der Waals surface area (Å²) in [5.74, 6) is 0.372. The first-order valence-electron chi connectivity index (χ1n) is 6.63. The molecular formula is C17H16O4. The first-order chi connectivity index (χ1) is 10.1. The summed E-state index contributed by atoms with van der Waals surface area (Å²) in [5, 5.41) is 0. The lowest BCUT2D eigenvalue weighted by Gasteiger charge is -2.13. The van der Waals surface area contributed by atoms with E-state index >= 15 is 0 Å². The minimum absolute atomic E-state index is 0.0363. The van der Waals surface area contributed by atoms with Gasteiger partial charge in [0, 0.05) is 5.56 Å². The summed E-state index contributed by atoms with van der Waals surface area (Å²) >= 11 is 0. The highest BCUT2D eigenvalue weighted by Crippen LogP contribution is 2.22. The van der Waals surface area contributed by atoms with E-state index in [9.17, 15) is 9.59 Å². The van der Waals surface area contributed by atoms with Gasteiger partial charge in [-0.25, -0.2) is 4.79 Å². The Hall–Kier alpha value is -2.62. The standard InChI is InChI=1S/C17H16O4/c1-12(2)20-16-6-4-3-5-15(16)17(19)21-14-9-7-13(11-18)8-10-14/h3-12H,1-2H3. The summed E-state index contributed by atoms with van der Waals surface area (Å²) in [5.41, 5.74) is 0.893. The number of carbonyl (C=O) groups excluding carboxylic acids is 2. The zero-order chi connectivity index (χ0) is 15.2. The van der Waals surface area contributed by atoms with Crippen LogP contribution in [0.5, 0.6) is 11.5 Å². The Balaban J connectivity index is 2.17. The normalized spacial score (nSPS) is 10.2. The van der Waals surface area contributed by atoms with Crippen molar-refractivity contribution < 1.29 is 19.1 Å². The van der Waals surface area contributed by atoms with Gasteiger partial charge in [0.05, 0.1) is 6.10 Å². The van der Waals surface area contributed by atoms with Gasteiger partial charge < -0.3 is 9.47 Å². The molecule has 0 saturated carbocycles. The Morgan fingerprint density at radius 3 is 2.33 bits per heavy atom. The molecule has 0 amide bonds. The molecule has 0 aliphatic rings. The second-order valence-corrected chi connectivity index (χ2v) is 4.74. The Kier molecular flexibility index (Phi) is 4.72. The van der Waals surface area contributed by atoms with Crippen LogP contribution in [0.3, 0.4) is 0 Å². The highest BCUT2D eigenvalue weighted by molar-refractivity contribution is 5.94. The molecule has 0 aromatic heterocycles. The van der Waals surface area contributed by atoms with Gasteiger partial charge in [0.25, 0.3) is 0 Å². The minimum Gasteiger partial charge on any atom is -0.490 e. The monoisotopic (exact) mass is 284 g/mol. The summed E-state index contributed by atoms with van der Waals surface area (Å²) in [6, 6.07) is 13.3. The van der Waals surface area contributed by atoms with E-state index in [1.54, 1.807) is 48.5 Å². The molecule has 0 aliphatic heterocycles. The quantitative estimate of drug-likeness (QED) is 0.479. The highest BCUT2D eigenvalue weighted by atomic mass is 16.5. The van der Waals surface area contributed by atoms with Crippen LogP contribution in [0.25, 0.3) is 0 Å². The molecule has 0 unspecified atom stereocenters. The van der Waals surface area contributed by atoms with E-state index in [0.717, 1.165) is 6.29 Å². The average Bonchev–Trinajstić information content (AvgIpc) is 2.48. The molecule has 0 N–H and O–H groups in total. The van der Waals surface area contributed by atoms with Crippen molar-refractivity contribution in [1.29, 1.82) is 0 Å². The zero-order valence-electron chi connectivity index (χ0n) is 11.9. The zero-order valence-corrected chi connectivity index (χ0v) is 11.9. The van der Waals surface area contributed by atoms with Gasteiger partial charge in [-0.3, -0.25) is 4.79 Å². The Labute approximate surface area is 123 Å². The molecule has 2 rings (SSSR count). The number of rotatable bonds is 5. The molecule has 2 aromatic rings. The van der Waals surface area contributed by atoms with Gasteiger partial charge >= 0.3 is 5.97 Å². The molecule has 2 aromatic carbocycles. The van der Waals surface area contributed by atoms with Gasteiger partial charge in [0.2, 0.25) is 0 Å². The largest absolute Gasteiger partial charge is 0.490 e. The Morgan fingerprint density at radius 2 is 1.71 bits per heavy atom. The van der Waals surface area contributed by atoms with E-state index in [0.29, 0.717) is 22.6 Å². The number of aldehydes is 1. The van der Waals surface area contributed by atoms with Crippen LogP contribution >= 0.6 is 0 Å². The van der Waals surface area contributed by atoms with Crippen LogP contribution in [0.4, 0.5) is 0 Å². The van der Waals surface area contributed by atoms with Crippen LogP contribution in [-0.4, -0.2) is 18.4 Å². The van der Waals surface area contributed by atoms with E-state index in [1.165, 1.54) is 0 Å². The summed E-state index contributed by atoms with van der Waals surface area (Å²) in [7, 11) is 0. The summed E-state index contributed by atoms with van der Waals surface area (Å²) in [6.07, 6.45) is 0.697. The molecule has 0 atom stereocenters. The van der Waals surface area contributed by atoms with Crippen LogP contribution in [0.2, 0.25) is 0 Å². The fourth-order valence-electron chi connectivity index (χ4n) is 1.77. The minimum atomic E-state index is -0.495. The number of benzene rings is 2. The van der Waals surface area contributed by atoms with Crippen molar-refractivity contribution in [3.63, 3.8) is 0 Å². The van der Waals surface area contributed by atoms with E-state index in [-0.39, 0.29) is 6.10 Å². The summed E-state index contributed by atoms with van der Waals surface area (Å²) in [6.45, 7) is 3.78. The smallest absolute Gasteiger partial charge is 0.347 e. The van der Waals surface area contributed by atoms with Crippen LogP contribution < -0.4 is 9.47 Å². The lowest BCUT2D eigenvalue weighted by molar-refractivity contribution is 0.0728. The average molecular weight is 284 g/mol. The molecule has 4 heteroatoms. The van der Waals surface area contributed by atoms with Gasteiger partial charge in [0.1, 0.15) is 23.3 Å². The number of carbonyl (C=O) groups is 2. The second kappa shape index (κ2) is 6.70. The van der Waals surface area contributed by atoms with E-state index in [2.05, 4.69) is 0 Å². The first kappa shape index (κ1) is 14.8. The molecule has 108 valence electrons. The molecule has 4 nitrogen and oxygen atoms in total. The van der Waals surface area contributed by atoms with Gasteiger partial charge in [-0.05, 0) is 50.2 Å². The van der Waals surface area contributed by atoms with Gasteiger partial charge in [-0.2, -0.15) is 0 Å². The SMILES string of the molecule is CC(C)Oc1ccccc1C(=O)Oc1ccc(C=O)cc1. The maximum absolute atomic E-state index is 12.2. The molecule has 0 saturated heterocycles. The number of hydrogen-bond acceptors (Lipinski definition) is 4. The third-order valence-corrected chi connectivity index (χ3v) is 2.70. The van der Waals surface area contributed by atoms with Crippen molar-refractivity contribution in [3.8, 4) is 11.5 Å². The van der Waals surface area contributed by atoms with Gasteiger partial charge in [-0.1, -0.05) is 12.1 Å². The van der Waals surface area contributed by atoms with Crippen molar-refractivity contribution in [3.05, 3.63) is 59.7 Å².